The fourth-order valence-corrected chi connectivity index (χ4v) is 3.55. The first kappa shape index (κ1) is 18.7. The normalized spacial score (nSPS) is 17.4. The molecule has 2 aliphatic heterocycles. The van der Waals surface area contributed by atoms with Crippen LogP contribution in [-0.2, 0) is 16.0 Å². The second-order valence-electron chi connectivity index (χ2n) is 6.38. The van der Waals surface area contributed by atoms with E-state index in [4.69, 9.17) is 0 Å². The standard InChI is InChI=1S/C18H25N3O2.ClH/c1-19-10-6-17(22)20-11-7-15(8-12-20)18(23)21-13-9-14-4-2-3-5-16(14)21;/h2-5,15,19H,6-13H2,1H3;1H. The highest BCUT2D eigenvalue weighted by atomic mass is 35.5. The number of likely N-dealkylation sites (tertiary alicyclic amines) is 1. The van der Waals surface area contributed by atoms with Crippen LogP contribution in [0.3, 0.4) is 0 Å². The minimum atomic E-state index is 0. The zero-order chi connectivity index (χ0) is 16.2. The summed E-state index contributed by atoms with van der Waals surface area (Å²) >= 11 is 0. The smallest absolute Gasteiger partial charge is 0.230 e. The van der Waals surface area contributed by atoms with Gasteiger partial charge in [0.1, 0.15) is 0 Å². The predicted molar refractivity (Wildman–Crippen MR) is 97.6 cm³/mol. The molecule has 0 bridgehead atoms. The summed E-state index contributed by atoms with van der Waals surface area (Å²) in [6.07, 6.45) is 3.05. The molecule has 0 aromatic heterocycles. The molecule has 2 aliphatic rings. The Labute approximate surface area is 149 Å². The number of carbonyl (C=O) groups excluding carboxylic acids is 2. The summed E-state index contributed by atoms with van der Waals surface area (Å²) in [5.41, 5.74) is 2.34. The zero-order valence-electron chi connectivity index (χ0n) is 14.2. The molecule has 1 aromatic rings. The number of halogens is 1. The number of amides is 2. The van der Waals surface area contributed by atoms with Crippen molar-refractivity contribution in [3.05, 3.63) is 29.8 Å². The minimum absolute atomic E-state index is 0. The first-order valence-corrected chi connectivity index (χ1v) is 8.52. The highest BCUT2D eigenvalue weighted by Gasteiger charge is 2.33. The number of carbonyl (C=O) groups is 2. The zero-order valence-corrected chi connectivity index (χ0v) is 15.0. The summed E-state index contributed by atoms with van der Waals surface area (Å²) in [7, 11) is 1.85. The van der Waals surface area contributed by atoms with Gasteiger partial charge in [0.05, 0.1) is 0 Å². The number of rotatable bonds is 4. The quantitative estimate of drug-likeness (QED) is 0.900. The summed E-state index contributed by atoms with van der Waals surface area (Å²) in [4.78, 5) is 28.7. The van der Waals surface area contributed by atoms with Gasteiger partial charge in [0.25, 0.3) is 0 Å². The number of nitrogens with zero attached hydrogens (tertiary/aromatic N) is 2. The van der Waals surface area contributed by atoms with Crippen molar-refractivity contribution in [3.63, 3.8) is 0 Å². The monoisotopic (exact) mass is 351 g/mol. The Hall–Kier alpha value is -1.59. The summed E-state index contributed by atoms with van der Waals surface area (Å²) in [5, 5.41) is 3.00. The first-order valence-electron chi connectivity index (χ1n) is 8.52. The van der Waals surface area contributed by atoms with E-state index < -0.39 is 0 Å². The third kappa shape index (κ3) is 3.90. The molecule has 2 heterocycles. The van der Waals surface area contributed by atoms with Crippen LogP contribution in [0, 0.1) is 5.92 Å². The van der Waals surface area contributed by atoms with Crippen molar-refractivity contribution in [1.82, 2.24) is 10.2 Å². The van der Waals surface area contributed by atoms with Crippen molar-refractivity contribution in [1.29, 1.82) is 0 Å². The molecule has 24 heavy (non-hydrogen) atoms. The summed E-state index contributed by atoms with van der Waals surface area (Å²) in [6.45, 7) is 2.91. The van der Waals surface area contributed by atoms with Crippen molar-refractivity contribution < 1.29 is 9.59 Å². The average molecular weight is 352 g/mol. The van der Waals surface area contributed by atoms with E-state index in [1.165, 1.54) is 5.56 Å². The topological polar surface area (TPSA) is 52.7 Å². The average Bonchev–Trinajstić information content (AvgIpc) is 3.03. The number of para-hydroxylation sites is 1. The fourth-order valence-electron chi connectivity index (χ4n) is 3.55. The van der Waals surface area contributed by atoms with E-state index >= 15 is 0 Å². The molecule has 6 heteroatoms. The van der Waals surface area contributed by atoms with Gasteiger partial charge in [-0.25, -0.2) is 0 Å². The van der Waals surface area contributed by atoms with Crippen LogP contribution in [0.2, 0.25) is 0 Å². The number of piperidine rings is 1. The molecule has 3 rings (SSSR count). The lowest BCUT2D eigenvalue weighted by Crippen LogP contribution is -2.44. The fraction of sp³-hybridized carbons (Fsp3) is 0.556. The summed E-state index contributed by atoms with van der Waals surface area (Å²) in [6, 6.07) is 8.16. The number of anilines is 1. The van der Waals surface area contributed by atoms with E-state index in [9.17, 15) is 9.59 Å². The second-order valence-corrected chi connectivity index (χ2v) is 6.38. The maximum Gasteiger partial charge on any atom is 0.230 e. The van der Waals surface area contributed by atoms with Crippen LogP contribution < -0.4 is 10.2 Å². The van der Waals surface area contributed by atoms with Gasteiger partial charge >= 0.3 is 0 Å². The Kier molecular flexibility index (Phi) is 6.63. The Morgan fingerprint density at radius 2 is 1.88 bits per heavy atom. The van der Waals surface area contributed by atoms with Gasteiger partial charge in [0.15, 0.2) is 0 Å². The van der Waals surface area contributed by atoms with E-state index in [1.54, 1.807) is 0 Å². The van der Waals surface area contributed by atoms with Gasteiger partial charge in [-0.05, 0) is 37.9 Å². The van der Waals surface area contributed by atoms with Gasteiger partial charge in [-0.2, -0.15) is 0 Å². The predicted octanol–water partition coefficient (Wildman–Crippen LogP) is 1.85. The van der Waals surface area contributed by atoms with Gasteiger partial charge < -0.3 is 15.1 Å². The summed E-state index contributed by atoms with van der Waals surface area (Å²) < 4.78 is 0. The molecule has 0 atom stereocenters. The lowest BCUT2D eigenvalue weighted by atomic mass is 9.95. The van der Waals surface area contributed by atoms with Crippen molar-refractivity contribution in [2.75, 3.05) is 38.1 Å². The van der Waals surface area contributed by atoms with E-state index in [0.29, 0.717) is 26.1 Å². The molecule has 1 aromatic carbocycles. The van der Waals surface area contributed by atoms with Crippen molar-refractivity contribution in [2.45, 2.75) is 25.7 Å². The molecule has 5 nitrogen and oxygen atoms in total. The van der Waals surface area contributed by atoms with Crippen LogP contribution in [0.4, 0.5) is 5.69 Å². The van der Waals surface area contributed by atoms with E-state index in [-0.39, 0.29) is 30.1 Å². The maximum absolute atomic E-state index is 12.8. The van der Waals surface area contributed by atoms with Crippen LogP contribution in [0.25, 0.3) is 0 Å². The molecule has 1 saturated heterocycles. The molecule has 0 aliphatic carbocycles. The second kappa shape index (κ2) is 8.49. The molecule has 1 N–H and O–H groups in total. The lowest BCUT2D eigenvalue weighted by molar-refractivity contribution is -0.134. The van der Waals surface area contributed by atoms with Crippen LogP contribution in [-0.4, -0.2) is 49.9 Å². The highest BCUT2D eigenvalue weighted by molar-refractivity contribution is 5.97. The van der Waals surface area contributed by atoms with Crippen molar-refractivity contribution in [3.8, 4) is 0 Å². The first-order chi connectivity index (χ1) is 11.2. The van der Waals surface area contributed by atoms with Crippen LogP contribution in [0.15, 0.2) is 24.3 Å². The molecule has 0 radical (unpaired) electrons. The minimum Gasteiger partial charge on any atom is -0.343 e. The van der Waals surface area contributed by atoms with E-state index in [0.717, 1.165) is 31.5 Å². The Bertz CT molecular complexity index is 585. The Morgan fingerprint density at radius 1 is 1.17 bits per heavy atom. The third-order valence-electron chi connectivity index (χ3n) is 4.94. The van der Waals surface area contributed by atoms with Crippen LogP contribution >= 0.6 is 12.4 Å². The number of hydrogen-bond acceptors (Lipinski definition) is 3. The molecular weight excluding hydrogens is 326 g/mol. The van der Waals surface area contributed by atoms with Crippen LogP contribution in [0.5, 0.6) is 0 Å². The maximum atomic E-state index is 12.8. The molecule has 2 amide bonds. The van der Waals surface area contributed by atoms with Gasteiger partial charge in [-0.3, -0.25) is 9.59 Å². The highest BCUT2D eigenvalue weighted by Crippen LogP contribution is 2.31. The lowest BCUT2D eigenvalue weighted by Gasteiger charge is -2.33. The Morgan fingerprint density at radius 3 is 2.58 bits per heavy atom. The number of benzene rings is 1. The van der Waals surface area contributed by atoms with E-state index in [2.05, 4.69) is 11.4 Å². The molecule has 1 fully saturated rings. The Balaban J connectivity index is 0.00000208. The van der Waals surface area contributed by atoms with Gasteiger partial charge in [0, 0.05) is 44.2 Å². The largest absolute Gasteiger partial charge is 0.343 e. The molecule has 132 valence electrons. The van der Waals surface area contributed by atoms with E-state index in [1.807, 2.05) is 35.0 Å². The number of nitrogens with one attached hydrogen (secondary N) is 1. The van der Waals surface area contributed by atoms with Crippen molar-refractivity contribution in [2.24, 2.45) is 5.92 Å². The third-order valence-corrected chi connectivity index (χ3v) is 4.94. The molecule has 0 unspecified atom stereocenters. The SMILES string of the molecule is CNCCC(=O)N1CCC(C(=O)N2CCc3ccccc32)CC1.Cl. The van der Waals surface area contributed by atoms with Gasteiger partial charge in [-0.15, -0.1) is 12.4 Å². The number of hydrogen-bond donors (Lipinski definition) is 1. The molecular formula is C18H26ClN3O2. The summed E-state index contributed by atoms with van der Waals surface area (Å²) in [5.74, 6) is 0.476. The van der Waals surface area contributed by atoms with Crippen molar-refractivity contribution >= 4 is 29.9 Å². The van der Waals surface area contributed by atoms with Crippen LogP contribution in [0.1, 0.15) is 24.8 Å². The van der Waals surface area contributed by atoms with Gasteiger partial charge in [0.2, 0.25) is 11.8 Å². The van der Waals surface area contributed by atoms with Gasteiger partial charge in [-0.1, -0.05) is 18.2 Å². The molecule has 0 saturated carbocycles. The molecule has 0 spiro atoms. The number of fused-ring (bicyclic) bond motifs is 1.